The van der Waals surface area contributed by atoms with E-state index in [4.69, 9.17) is 5.73 Å². The Morgan fingerprint density at radius 1 is 1.62 bits per heavy atom. The summed E-state index contributed by atoms with van der Waals surface area (Å²) in [7, 11) is 0. The summed E-state index contributed by atoms with van der Waals surface area (Å²) >= 11 is 0. The quantitative estimate of drug-likeness (QED) is 0.707. The normalized spacial score (nSPS) is 22.2. The Balaban J connectivity index is 2.16. The van der Waals surface area contributed by atoms with E-state index in [2.05, 4.69) is 16.8 Å². The second-order valence-corrected chi connectivity index (χ2v) is 3.78. The van der Waals surface area contributed by atoms with Crippen LogP contribution in [0.25, 0.3) is 0 Å². The summed E-state index contributed by atoms with van der Waals surface area (Å²) in [5.74, 6) is 1.41. The van der Waals surface area contributed by atoms with Crippen LogP contribution in [0.3, 0.4) is 0 Å². The summed E-state index contributed by atoms with van der Waals surface area (Å²) in [6.07, 6.45) is 3.05. The molecule has 0 amide bonds. The molecule has 0 aromatic carbocycles. The molecule has 0 spiro atoms. The number of pyridine rings is 1. The van der Waals surface area contributed by atoms with Crippen LogP contribution in [-0.2, 0) is 0 Å². The highest BCUT2D eigenvalue weighted by Gasteiger charge is 2.18. The van der Waals surface area contributed by atoms with E-state index in [0.29, 0.717) is 5.82 Å². The van der Waals surface area contributed by atoms with Gasteiger partial charge in [-0.1, -0.05) is 6.92 Å². The van der Waals surface area contributed by atoms with Crippen molar-refractivity contribution in [3.05, 3.63) is 18.3 Å². The highest BCUT2D eigenvalue weighted by atomic mass is 15.2. The predicted octanol–water partition coefficient (Wildman–Crippen LogP) is 1.51. The maximum atomic E-state index is 5.62. The Morgan fingerprint density at radius 2 is 2.46 bits per heavy atom. The number of nitrogen functional groups attached to an aromatic ring is 1. The fourth-order valence-corrected chi connectivity index (χ4v) is 1.80. The second kappa shape index (κ2) is 3.24. The van der Waals surface area contributed by atoms with Gasteiger partial charge in [0, 0.05) is 31.0 Å². The summed E-state index contributed by atoms with van der Waals surface area (Å²) in [6.45, 7) is 4.57. The van der Waals surface area contributed by atoms with E-state index in [0.717, 1.165) is 19.0 Å². The zero-order chi connectivity index (χ0) is 9.26. The van der Waals surface area contributed by atoms with Crippen molar-refractivity contribution < 1.29 is 0 Å². The fraction of sp³-hybridized carbons (Fsp3) is 0.500. The lowest BCUT2D eigenvalue weighted by molar-refractivity contribution is 0.659. The first-order valence-corrected chi connectivity index (χ1v) is 4.72. The van der Waals surface area contributed by atoms with Crippen LogP contribution in [0.5, 0.6) is 0 Å². The van der Waals surface area contributed by atoms with E-state index in [1.165, 1.54) is 12.1 Å². The van der Waals surface area contributed by atoms with Gasteiger partial charge in [-0.2, -0.15) is 0 Å². The molecule has 0 unspecified atom stereocenters. The summed E-state index contributed by atoms with van der Waals surface area (Å²) in [4.78, 5) is 6.35. The van der Waals surface area contributed by atoms with Crippen LogP contribution in [0.15, 0.2) is 18.3 Å². The van der Waals surface area contributed by atoms with Crippen molar-refractivity contribution in [1.82, 2.24) is 4.98 Å². The molecule has 1 aromatic rings. The molecule has 3 nitrogen and oxygen atoms in total. The molecule has 2 heterocycles. The number of rotatable bonds is 1. The van der Waals surface area contributed by atoms with Crippen LogP contribution in [0, 0.1) is 5.92 Å². The number of aromatic nitrogens is 1. The number of nitrogens with two attached hydrogens (primary N) is 1. The van der Waals surface area contributed by atoms with Crippen molar-refractivity contribution in [2.45, 2.75) is 13.3 Å². The molecule has 13 heavy (non-hydrogen) atoms. The molecule has 0 radical (unpaired) electrons. The first-order valence-electron chi connectivity index (χ1n) is 4.72. The average Bonchev–Trinajstić information content (AvgIpc) is 2.52. The Labute approximate surface area is 78.6 Å². The molecule has 1 saturated heterocycles. The van der Waals surface area contributed by atoms with E-state index in [1.807, 2.05) is 12.1 Å². The van der Waals surface area contributed by atoms with Crippen LogP contribution < -0.4 is 10.6 Å². The predicted molar refractivity (Wildman–Crippen MR) is 54.6 cm³/mol. The maximum Gasteiger partial charge on any atom is 0.125 e. The minimum atomic E-state index is 0.608. The maximum absolute atomic E-state index is 5.62. The van der Waals surface area contributed by atoms with E-state index in [9.17, 15) is 0 Å². The van der Waals surface area contributed by atoms with Crippen molar-refractivity contribution in [3.8, 4) is 0 Å². The molecule has 70 valence electrons. The molecule has 1 aliphatic heterocycles. The van der Waals surface area contributed by atoms with Crippen LogP contribution in [0.1, 0.15) is 13.3 Å². The van der Waals surface area contributed by atoms with Gasteiger partial charge in [0.2, 0.25) is 0 Å². The monoisotopic (exact) mass is 177 g/mol. The highest BCUT2D eigenvalue weighted by Crippen LogP contribution is 2.23. The molecule has 0 aliphatic carbocycles. The van der Waals surface area contributed by atoms with Gasteiger partial charge >= 0.3 is 0 Å². The van der Waals surface area contributed by atoms with Gasteiger partial charge in [0.25, 0.3) is 0 Å². The molecule has 0 saturated carbocycles. The van der Waals surface area contributed by atoms with Gasteiger partial charge in [0.05, 0.1) is 0 Å². The summed E-state index contributed by atoms with van der Waals surface area (Å²) in [5, 5.41) is 0. The second-order valence-electron chi connectivity index (χ2n) is 3.78. The minimum absolute atomic E-state index is 0.608. The third kappa shape index (κ3) is 1.74. The molecule has 1 fully saturated rings. The van der Waals surface area contributed by atoms with Gasteiger partial charge in [-0.3, -0.25) is 0 Å². The summed E-state index contributed by atoms with van der Waals surface area (Å²) in [6, 6.07) is 3.96. The molecule has 1 atom stereocenters. The van der Waals surface area contributed by atoms with E-state index < -0.39 is 0 Å². The topological polar surface area (TPSA) is 42.2 Å². The lowest BCUT2D eigenvalue weighted by Gasteiger charge is -2.17. The molecule has 3 heteroatoms. The largest absolute Gasteiger partial charge is 0.384 e. The van der Waals surface area contributed by atoms with Crippen molar-refractivity contribution in [1.29, 1.82) is 0 Å². The van der Waals surface area contributed by atoms with Gasteiger partial charge in [0.15, 0.2) is 0 Å². The van der Waals surface area contributed by atoms with E-state index in [-0.39, 0.29) is 0 Å². The van der Waals surface area contributed by atoms with E-state index >= 15 is 0 Å². The highest BCUT2D eigenvalue weighted by molar-refractivity contribution is 5.52. The molecule has 2 rings (SSSR count). The molecule has 1 aromatic heterocycles. The third-order valence-electron chi connectivity index (χ3n) is 2.55. The van der Waals surface area contributed by atoms with Crippen LogP contribution in [0.2, 0.25) is 0 Å². The van der Waals surface area contributed by atoms with Gasteiger partial charge in [0.1, 0.15) is 5.82 Å². The van der Waals surface area contributed by atoms with Crippen molar-refractivity contribution in [2.75, 3.05) is 23.7 Å². The number of anilines is 2. The zero-order valence-electron chi connectivity index (χ0n) is 7.90. The van der Waals surface area contributed by atoms with E-state index in [1.54, 1.807) is 6.20 Å². The van der Waals surface area contributed by atoms with Gasteiger partial charge in [-0.15, -0.1) is 0 Å². The van der Waals surface area contributed by atoms with Gasteiger partial charge in [-0.05, 0) is 18.4 Å². The molecular weight excluding hydrogens is 162 g/mol. The van der Waals surface area contributed by atoms with Crippen molar-refractivity contribution in [2.24, 2.45) is 5.92 Å². The lowest BCUT2D eigenvalue weighted by Crippen LogP contribution is -2.19. The average molecular weight is 177 g/mol. The van der Waals surface area contributed by atoms with Crippen LogP contribution in [-0.4, -0.2) is 18.1 Å². The number of hydrogen-bond acceptors (Lipinski definition) is 3. The molecule has 2 N–H and O–H groups in total. The van der Waals surface area contributed by atoms with Gasteiger partial charge < -0.3 is 10.6 Å². The first kappa shape index (κ1) is 8.35. The minimum Gasteiger partial charge on any atom is -0.384 e. The zero-order valence-corrected chi connectivity index (χ0v) is 7.90. The van der Waals surface area contributed by atoms with Crippen LogP contribution >= 0.6 is 0 Å². The SMILES string of the molecule is C[C@H]1CCN(c2ccnc(N)c2)C1. The molecule has 0 bridgehead atoms. The van der Waals surface area contributed by atoms with Crippen molar-refractivity contribution in [3.63, 3.8) is 0 Å². The molecule has 1 aliphatic rings. The Hall–Kier alpha value is -1.25. The molecular formula is C10H15N3. The summed E-state index contributed by atoms with van der Waals surface area (Å²) in [5.41, 5.74) is 6.83. The fourth-order valence-electron chi connectivity index (χ4n) is 1.80. The van der Waals surface area contributed by atoms with Gasteiger partial charge in [-0.25, -0.2) is 4.98 Å². The Morgan fingerprint density at radius 3 is 3.08 bits per heavy atom. The lowest BCUT2D eigenvalue weighted by atomic mass is 10.2. The third-order valence-corrected chi connectivity index (χ3v) is 2.55. The smallest absolute Gasteiger partial charge is 0.125 e. The van der Waals surface area contributed by atoms with Crippen LogP contribution in [0.4, 0.5) is 11.5 Å². The Bertz CT molecular complexity index is 298. The number of nitrogens with zero attached hydrogens (tertiary/aromatic N) is 2. The number of hydrogen-bond donors (Lipinski definition) is 1. The standard InChI is InChI=1S/C10H15N3/c1-8-3-5-13(7-8)9-2-4-12-10(11)6-9/h2,4,6,8H,3,5,7H2,1H3,(H2,11,12)/t8-/m0/s1. The summed E-state index contributed by atoms with van der Waals surface area (Å²) < 4.78 is 0. The van der Waals surface area contributed by atoms with Crippen molar-refractivity contribution >= 4 is 11.5 Å². The Kier molecular flexibility index (Phi) is 2.08. The first-order chi connectivity index (χ1) is 6.25.